The lowest BCUT2D eigenvalue weighted by Crippen LogP contribution is -2.25. The Morgan fingerprint density at radius 1 is 1.44 bits per heavy atom. The number of amidine groups is 1. The molecule has 1 aliphatic heterocycles. The molecule has 0 atom stereocenters. The van der Waals surface area contributed by atoms with Crippen molar-refractivity contribution in [2.75, 3.05) is 25.1 Å². The van der Waals surface area contributed by atoms with Gasteiger partial charge in [0, 0.05) is 0 Å². The first-order valence-corrected chi connectivity index (χ1v) is 4.98. The number of hydrogen-bond donors (Lipinski definition) is 2. The Hall–Kier alpha value is -1.88. The number of carbonyl (C=O) groups is 1. The second kappa shape index (κ2) is 4.76. The third kappa shape index (κ3) is 2.38. The summed E-state index contributed by atoms with van der Waals surface area (Å²) in [5.74, 6) is -0.291. The number of ether oxygens (including phenoxy) is 1. The molecule has 0 aromatic heterocycles. The molecule has 84 valence electrons. The molecule has 0 bridgehead atoms. The Bertz CT molecular complexity index is 429. The maximum Gasteiger partial charge on any atom is 0.337 e. The van der Waals surface area contributed by atoms with Crippen LogP contribution in [0.4, 0.5) is 5.69 Å². The third-order valence-corrected chi connectivity index (χ3v) is 2.21. The summed E-state index contributed by atoms with van der Waals surface area (Å²) in [6.45, 7) is 1.62. The van der Waals surface area contributed by atoms with Crippen LogP contribution in [0, 0.1) is 0 Å². The molecule has 2 N–H and O–H groups in total. The van der Waals surface area contributed by atoms with E-state index >= 15 is 0 Å². The van der Waals surface area contributed by atoms with Gasteiger partial charge in [-0.1, -0.05) is 12.1 Å². The lowest BCUT2D eigenvalue weighted by atomic mass is 10.2. The quantitative estimate of drug-likeness (QED) is 0.786. The average molecular weight is 220 g/mol. The monoisotopic (exact) mass is 220 g/mol. The van der Waals surface area contributed by atoms with E-state index in [0.717, 1.165) is 0 Å². The molecule has 5 heteroatoms. The van der Waals surface area contributed by atoms with Gasteiger partial charge in [-0.05, 0) is 12.1 Å². The molecular weight excluding hydrogens is 208 g/mol. The molecule has 1 heterocycles. The fraction of sp³-hybridized carbons (Fsp3) is 0.273. The maximum absolute atomic E-state index is 11.0. The third-order valence-electron chi connectivity index (χ3n) is 2.21. The normalized spacial score (nSPS) is 15.4. The molecule has 0 fully saturated rings. The lowest BCUT2D eigenvalue weighted by Gasteiger charge is -2.15. The summed E-state index contributed by atoms with van der Waals surface area (Å²) in [7, 11) is 0. The molecule has 0 amide bonds. The van der Waals surface area contributed by atoms with Gasteiger partial charge in [0.05, 0.1) is 24.4 Å². The van der Waals surface area contributed by atoms with E-state index in [1.54, 1.807) is 24.3 Å². The molecule has 0 saturated heterocycles. The molecule has 0 saturated carbocycles. The smallest absolute Gasteiger partial charge is 0.337 e. The van der Waals surface area contributed by atoms with E-state index < -0.39 is 5.97 Å². The van der Waals surface area contributed by atoms with Crippen molar-refractivity contribution in [3.8, 4) is 0 Å². The summed E-state index contributed by atoms with van der Waals surface area (Å²) < 4.78 is 5.21. The Balaban J connectivity index is 2.20. The Kier molecular flexibility index (Phi) is 3.16. The van der Waals surface area contributed by atoms with Gasteiger partial charge >= 0.3 is 5.97 Å². The molecule has 2 rings (SSSR count). The molecule has 0 unspecified atom stereocenters. The molecule has 1 aromatic rings. The van der Waals surface area contributed by atoms with Gasteiger partial charge < -0.3 is 15.2 Å². The first-order chi connectivity index (χ1) is 7.77. The second-order valence-corrected chi connectivity index (χ2v) is 3.36. The average Bonchev–Trinajstić information content (AvgIpc) is 2.31. The summed E-state index contributed by atoms with van der Waals surface area (Å²) in [6.07, 6.45) is 0. The lowest BCUT2D eigenvalue weighted by molar-refractivity contribution is 0.0698. The molecule has 0 radical (unpaired) electrons. The Labute approximate surface area is 92.8 Å². The van der Waals surface area contributed by atoms with Gasteiger partial charge in [0.25, 0.3) is 0 Å². The summed E-state index contributed by atoms with van der Waals surface area (Å²) >= 11 is 0. The largest absolute Gasteiger partial charge is 0.478 e. The molecule has 16 heavy (non-hydrogen) atoms. The van der Waals surface area contributed by atoms with Crippen LogP contribution in [0.15, 0.2) is 29.3 Å². The van der Waals surface area contributed by atoms with Crippen LogP contribution in [0.5, 0.6) is 0 Å². The summed E-state index contributed by atoms with van der Waals surface area (Å²) in [4.78, 5) is 15.2. The van der Waals surface area contributed by atoms with E-state index in [2.05, 4.69) is 10.3 Å². The van der Waals surface area contributed by atoms with Crippen molar-refractivity contribution in [2.24, 2.45) is 4.99 Å². The number of hydrogen-bond acceptors (Lipinski definition) is 4. The van der Waals surface area contributed by atoms with Crippen molar-refractivity contribution in [3.05, 3.63) is 29.8 Å². The van der Waals surface area contributed by atoms with Gasteiger partial charge in [-0.3, -0.25) is 4.99 Å². The van der Waals surface area contributed by atoms with Crippen LogP contribution < -0.4 is 5.32 Å². The summed E-state index contributed by atoms with van der Waals surface area (Å²) in [6, 6.07) is 6.72. The number of carboxylic acid groups (broad SMARTS) is 1. The van der Waals surface area contributed by atoms with Crippen LogP contribution in [-0.4, -0.2) is 36.7 Å². The van der Waals surface area contributed by atoms with E-state index in [9.17, 15) is 4.79 Å². The van der Waals surface area contributed by atoms with Gasteiger partial charge in [-0.25, -0.2) is 4.79 Å². The van der Waals surface area contributed by atoms with Crippen molar-refractivity contribution in [2.45, 2.75) is 0 Å². The van der Waals surface area contributed by atoms with Crippen LogP contribution in [0.1, 0.15) is 10.4 Å². The van der Waals surface area contributed by atoms with Crippen LogP contribution in [-0.2, 0) is 4.74 Å². The van der Waals surface area contributed by atoms with Gasteiger partial charge in [-0.2, -0.15) is 0 Å². The Morgan fingerprint density at radius 3 is 2.94 bits per heavy atom. The zero-order valence-electron chi connectivity index (χ0n) is 8.64. The number of nitrogens with one attached hydrogen (secondary N) is 1. The summed E-state index contributed by atoms with van der Waals surface area (Å²) in [5, 5.41) is 12.0. The summed E-state index contributed by atoms with van der Waals surface area (Å²) in [5.41, 5.74) is 0.773. The zero-order chi connectivity index (χ0) is 11.4. The topological polar surface area (TPSA) is 70.9 Å². The van der Waals surface area contributed by atoms with E-state index in [-0.39, 0.29) is 5.56 Å². The molecule has 1 aromatic carbocycles. The fourth-order valence-corrected chi connectivity index (χ4v) is 1.47. The van der Waals surface area contributed by atoms with Gasteiger partial charge in [0.2, 0.25) is 0 Å². The van der Waals surface area contributed by atoms with Crippen LogP contribution in [0.2, 0.25) is 0 Å². The SMILES string of the molecule is O=C(O)c1ccccc1NC1=NCCOC1. The van der Waals surface area contributed by atoms with E-state index in [0.29, 0.717) is 31.3 Å². The minimum atomic E-state index is -0.958. The van der Waals surface area contributed by atoms with Crippen LogP contribution in [0.25, 0.3) is 0 Å². The standard InChI is InChI=1S/C11H12N2O3/c14-11(15)8-3-1-2-4-9(8)13-10-7-16-6-5-12-10/h1-4H,5-7H2,(H,12,13)(H,14,15). The number of nitrogens with zero attached hydrogens (tertiary/aromatic N) is 1. The predicted octanol–water partition coefficient (Wildman–Crippen LogP) is 1.23. The van der Waals surface area contributed by atoms with E-state index in [1.165, 1.54) is 0 Å². The van der Waals surface area contributed by atoms with Crippen molar-refractivity contribution >= 4 is 17.5 Å². The van der Waals surface area contributed by atoms with Gasteiger partial charge in [-0.15, -0.1) is 0 Å². The van der Waals surface area contributed by atoms with Crippen molar-refractivity contribution < 1.29 is 14.6 Å². The zero-order valence-corrected chi connectivity index (χ0v) is 8.64. The van der Waals surface area contributed by atoms with Crippen molar-refractivity contribution in [1.29, 1.82) is 0 Å². The first-order valence-electron chi connectivity index (χ1n) is 4.98. The van der Waals surface area contributed by atoms with Crippen LogP contribution >= 0.6 is 0 Å². The number of carboxylic acids is 1. The second-order valence-electron chi connectivity index (χ2n) is 3.36. The molecular formula is C11H12N2O3. The highest BCUT2D eigenvalue weighted by Crippen LogP contribution is 2.15. The number of benzene rings is 1. The van der Waals surface area contributed by atoms with E-state index in [4.69, 9.17) is 9.84 Å². The molecule has 0 spiro atoms. The van der Waals surface area contributed by atoms with Gasteiger partial charge in [0.1, 0.15) is 12.4 Å². The highest BCUT2D eigenvalue weighted by atomic mass is 16.5. The Morgan fingerprint density at radius 2 is 2.25 bits per heavy atom. The fourth-order valence-electron chi connectivity index (χ4n) is 1.47. The highest BCUT2D eigenvalue weighted by Gasteiger charge is 2.11. The number of para-hydroxylation sites is 1. The minimum Gasteiger partial charge on any atom is -0.478 e. The van der Waals surface area contributed by atoms with Crippen molar-refractivity contribution in [1.82, 2.24) is 0 Å². The minimum absolute atomic E-state index is 0.232. The number of rotatable bonds is 2. The van der Waals surface area contributed by atoms with Gasteiger partial charge in [0.15, 0.2) is 0 Å². The number of aliphatic imine (C=N–C) groups is 1. The van der Waals surface area contributed by atoms with Crippen molar-refractivity contribution in [3.63, 3.8) is 0 Å². The van der Waals surface area contributed by atoms with Crippen LogP contribution in [0.3, 0.4) is 0 Å². The van der Waals surface area contributed by atoms with E-state index in [1.807, 2.05) is 0 Å². The number of anilines is 1. The highest BCUT2D eigenvalue weighted by molar-refractivity contribution is 6.03. The molecule has 1 aliphatic rings. The first kappa shape index (κ1) is 10.6. The molecule has 0 aliphatic carbocycles. The maximum atomic E-state index is 11.0. The predicted molar refractivity (Wildman–Crippen MR) is 60.1 cm³/mol. The molecule has 5 nitrogen and oxygen atoms in total. The number of aromatic carboxylic acids is 1.